The third-order valence-corrected chi connectivity index (χ3v) is 5.45. The Labute approximate surface area is 156 Å². The number of likely N-dealkylation sites (N-methyl/N-ethyl adjacent to an activating group) is 1. The van der Waals surface area contributed by atoms with Crippen LogP contribution in [0.5, 0.6) is 0 Å². The maximum Gasteiger partial charge on any atom is 0.135 e. The van der Waals surface area contributed by atoms with Crippen LogP contribution >= 0.6 is 0 Å². The molecule has 1 atom stereocenters. The Bertz CT molecular complexity index is 1120. The summed E-state index contributed by atoms with van der Waals surface area (Å²) in [6.07, 6.45) is 5.15. The molecule has 0 saturated carbocycles. The Balaban J connectivity index is 1.64. The summed E-state index contributed by atoms with van der Waals surface area (Å²) in [4.78, 5) is 5.42. The molecule has 0 radical (unpaired) electrons. The van der Waals surface area contributed by atoms with Gasteiger partial charge >= 0.3 is 0 Å². The van der Waals surface area contributed by atoms with Gasteiger partial charge in [-0.3, -0.25) is 0 Å². The minimum absolute atomic E-state index is 0.150. The molecule has 0 amide bonds. The minimum atomic E-state index is -0.153. The van der Waals surface area contributed by atoms with E-state index >= 15 is 4.39 Å². The lowest BCUT2D eigenvalue weighted by molar-refractivity contribution is 0.289. The van der Waals surface area contributed by atoms with Crippen molar-refractivity contribution in [2.75, 3.05) is 13.6 Å². The smallest absolute Gasteiger partial charge is 0.135 e. The van der Waals surface area contributed by atoms with Gasteiger partial charge in [0.05, 0.1) is 12.4 Å². The number of halogens is 1. The van der Waals surface area contributed by atoms with Crippen molar-refractivity contribution in [3.63, 3.8) is 0 Å². The van der Waals surface area contributed by atoms with Gasteiger partial charge in [0, 0.05) is 47.4 Å². The summed E-state index contributed by atoms with van der Waals surface area (Å²) in [6.45, 7) is 1.48. The van der Waals surface area contributed by atoms with Crippen LogP contribution in [0.25, 0.3) is 22.0 Å². The Morgan fingerprint density at radius 1 is 1.11 bits per heavy atom. The molecular weight excluding hydrogens is 339 g/mol. The Hall–Kier alpha value is -3.05. The fourth-order valence-corrected chi connectivity index (χ4v) is 4.11. The SMILES string of the molecule is CN1Cc2c(ccc(-c3ccnnc3)c2F)C(c2ccc3[nH]ccc3c2)C1. The summed E-state index contributed by atoms with van der Waals surface area (Å²) in [6, 6.07) is 14.3. The zero-order valence-corrected chi connectivity index (χ0v) is 15.0. The molecule has 1 unspecified atom stereocenters. The highest BCUT2D eigenvalue weighted by molar-refractivity contribution is 5.80. The molecule has 5 heteroatoms. The molecule has 0 saturated heterocycles. The monoisotopic (exact) mass is 358 g/mol. The van der Waals surface area contributed by atoms with E-state index in [1.165, 1.54) is 10.9 Å². The van der Waals surface area contributed by atoms with Gasteiger partial charge in [-0.1, -0.05) is 18.2 Å². The maximum absolute atomic E-state index is 15.4. The third kappa shape index (κ3) is 2.71. The molecule has 0 fully saturated rings. The number of rotatable bonds is 2. The van der Waals surface area contributed by atoms with Gasteiger partial charge in [-0.2, -0.15) is 10.2 Å². The summed E-state index contributed by atoms with van der Waals surface area (Å²) in [5, 5.41) is 8.86. The van der Waals surface area contributed by atoms with Crippen LogP contribution in [0.1, 0.15) is 22.6 Å². The summed E-state index contributed by atoms with van der Waals surface area (Å²) in [7, 11) is 2.05. The molecule has 1 aliphatic rings. The molecule has 3 heterocycles. The molecular formula is C22H19FN4. The van der Waals surface area contributed by atoms with E-state index < -0.39 is 0 Å². The van der Waals surface area contributed by atoms with Gasteiger partial charge in [-0.25, -0.2) is 4.39 Å². The molecule has 1 N–H and O–H groups in total. The number of fused-ring (bicyclic) bond motifs is 2. The van der Waals surface area contributed by atoms with E-state index in [4.69, 9.17) is 0 Å². The first kappa shape index (κ1) is 16.1. The van der Waals surface area contributed by atoms with Gasteiger partial charge < -0.3 is 9.88 Å². The zero-order chi connectivity index (χ0) is 18.4. The number of hydrogen-bond acceptors (Lipinski definition) is 3. The average Bonchev–Trinajstić information content (AvgIpc) is 3.17. The van der Waals surface area contributed by atoms with Gasteiger partial charge in [0.2, 0.25) is 0 Å². The van der Waals surface area contributed by atoms with Crippen molar-refractivity contribution < 1.29 is 4.39 Å². The van der Waals surface area contributed by atoms with Crippen molar-refractivity contribution in [3.05, 3.63) is 83.6 Å². The van der Waals surface area contributed by atoms with Crippen LogP contribution in [0.2, 0.25) is 0 Å². The first-order chi connectivity index (χ1) is 13.2. The van der Waals surface area contributed by atoms with Gasteiger partial charge in [0.25, 0.3) is 0 Å². The quantitative estimate of drug-likeness (QED) is 0.580. The van der Waals surface area contributed by atoms with Crippen molar-refractivity contribution in [2.24, 2.45) is 0 Å². The summed E-state index contributed by atoms with van der Waals surface area (Å²) >= 11 is 0. The number of H-pyrrole nitrogens is 1. The van der Waals surface area contributed by atoms with E-state index in [2.05, 4.69) is 50.4 Å². The summed E-state index contributed by atoms with van der Waals surface area (Å²) in [5.41, 5.74) is 5.52. The number of aromatic amines is 1. The molecule has 0 bridgehead atoms. The molecule has 0 spiro atoms. The van der Waals surface area contributed by atoms with Gasteiger partial charge in [-0.15, -0.1) is 0 Å². The zero-order valence-electron chi connectivity index (χ0n) is 15.0. The van der Waals surface area contributed by atoms with Gasteiger partial charge in [-0.05, 0) is 47.8 Å². The minimum Gasteiger partial charge on any atom is -0.361 e. The lowest BCUT2D eigenvalue weighted by Crippen LogP contribution is -2.31. The first-order valence-corrected chi connectivity index (χ1v) is 9.04. The van der Waals surface area contributed by atoms with E-state index in [9.17, 15) is 0 Å². The van der Waals surface area contributed by atoms with Crippen LogP contribution in [0.3, 0.4) is 0 Å². The van der Waals surface area contributed by atoms with Crippen LogP contribution in [0.4, 0.5) is 4.39 Å². The maximum atomic E-state index is 15.4. The van der Waals surface area contributed by atoms with Crippen molar-refractivity contribution in [3.8, 4) is 11.1 Å². The third-order valence-electron chi connectivity index (χ3n) is 5.45. The molecule has 134 valence electrons. The number of benzene rings is 2. The Morgan fingerprint density at radius 2 is 2.04 bits per heavy atom. The van der Waals surface area contributed by atoms with E-state index in [-0.39, 0.29) is 11.7 Å². The van der Waals surface area contributed by atoms with E-state index in [1.807, 2.05) is 19.3 Å². The molecule has 4 aromatic rings. The lowest BCUT2D eigenvalue weighted by atomic mass is 9.83. The van der Waals surface area contributed by atoms with Gasteiger partial charge in [0.1, 0.15) is 5.82 Å². The molecule has 0 aliphatic carbocycles. The van der Waals surface area contributed by atoms with Crippen molar-refractivity contribution in [2.45, 2.75) is 12.5 Å². The first-order valence-electron chi connectivity index (χ1n) is 9.04. The van der Waals surface area contributed by atoms with Crippen LogP contribution in [0, 0.1) is 5.82 Å². The van der Waals surface area contributed by atoms with Crippen LogP contribution in [0.15, 0.2) is 61.1 Å². The summed E-state index contributed by atoms with van der Waals surface area (Å²) in [5.74, 6) is -0.00284. The van der Waals surface area contributed by atoms with E-state index in [1.54, 1.807) is 18.5 Å². The topological polar surface area (TPSA) is 44.8 Å². The molecule has 2 aromatic heterocycles. The highest BCUT2D eigenvalue weighted by Crippen LogP contribution is 2.38. The van der Waals surface area contributed by atoms with E-state index in [0.717, 1.165) is 28.8 Å². The number of hydrogen-bond donors (Lipinski definition) is 1. The Kier molecular flexibility index (Phi) is 3.76. The van der Waals surface area contributed by atoms with Crippen LogP contribution < -0.4 is 0 Å². The Morgan fingerprint density at radius 3 is 2.89 bits per heavy atom. The molecule has 5 rings (SSSR count). The normalized spacial score (nSPS) is 17.2. The molecule has 27 heavy (non-hydrogen) atoms. The number of nitrogens with one attached hydrogen (secondary N) is 1. The van der Waals surface area contributed by atoms with Crippen LogP contribution in [-0.4, -0.2) is 33.7 Å². The predicted molar refractivity (Wildman–Crippen MR) is 104 cm³/mol. The largest absolute Gasteiger partial charge is 0.361 e. The fourth-order valence-electron chi connectivity index (χ4n) is 4.11. The van der Waals surface area contributed by atoms with E-state index in [0.29, 0.717) is 12.1 Å². The van der Waals surface area contributed by atoms with Crippen LogP contribution in [-0.2, 0) is 6.54 Å². The predicted octanol–water partition coefficient (Wildman–Crippen LogP) is 4.34. The number of aromatic nitrogens is 3. The highest BCUT2D eigenvalue weighted by atomic mass is 19.1. The lowest BCUT2D eigenvalue weighted by Gasteiger charge is -2.33. The molecule has 4 nitrogen and oxygen atoms in total. The number of nitrogens with zero attached hydrogens (tertiary/aromatic N) is 3. The van der Waals surface area contributed by atoms with Crippen molar-refractivity contribution in [1.82, 2.24) is 20.1 Å². The second-order valence-electron chi connectivity index (χ2n) is 7.20. The molecule has 2 aromatic carbocycles. The standard InChI is InChI=1S/C22H19FN4/c1-27-12-19(14-2-5-21-15(10-14)6-8-24-21)18-4-3-17(22(23)20(18)13-27)16-7-9-25-26-11-16/h2-11,19,24H,12-13H2,1H3. The van der Waals surface area contributed by atoms with Gasteiger partial charge in [0.15, 0.2) is 0 Å². The fraction of sp³-hybridized carbons (Fsp3) is 0.182. The second kappa shape index (κ2) is 6.28. The summed E-state index contributed by atoms with van der Waals surface area (Å²) < 4.78 is 15.4. The highest BCUT2D eigenvalue weighted by Gasteiger charge is 2.28. The second-order valence-corrected chi connectivity index (χ2v) is 7.20. The van der Waals surface area contributed by atoms with Crippen molar-refractivity contribution >= 4 is 10.9 Å². The molecule has 1 aliphatic heterocycles. The van der Waals surface area contributed by atoms with Crippen molar-refractivity contribution in [1.29, 1.82) is 0 Å². The average molecular weight is 358 g/mol.